The number of benzene rings is 2. The fraction of sp³-hybridized carbons (Fsp3) is 0.0476. The molecule has 2 aromatic carbocycles. The van der Waals surface area contributed by atoms with Crippen molar-refractivity contribution in [2.75, 3.05) is 5.32 Å². The van der Waals surface area contributed by atoms with Crippen molar-refractivity contribution in [3.8, 4) is 11.4 Å². The van der Waals surface area contributed by atoms with Crippen molar-refractivity contribution < 1.29 is 4.79 Å². The van der Waals surface area contributed by atoms with E-state index in [2.05, 4.69) is 10.3 Å². The number of primary amides is 1. The van der Waals surface area contributed by atoms with Gasteiger partial charge in [-0.05, 0) is 42.8 Å². The largest absolute Gasteiger partial charge is 0.366 e. The topological polar surface area (TPSA) is 93.8 Å². The molecule has 27 heavy (non-hydrogen) atoms. The molecule has 0 aliphatic carbocycles. The minimum absolute atomic E-state index is 0.403. The molecule has 4 rings (SSSR count). The standard InChI is InChI=1S/C21H17N5O/c1-13-6-4-9-16-18(13)25-20(14-7-5-11-23-12-14)26-21(16)24-17-10-3-2-8-15(17)19(22)27/h2-12H,1H3,(H2,22,27)(H,24,25,26). The number of rotatable bonds is 4. The molecular formula is C21H17N5O. The monoisotopic (exact) mass is 355 g/mol. The SMILES string of the molecule is Cc1cccc2c(Nc3ccccc3C(N)=O)nc(-c3cccnc3)nc12. The molecule has 0 bridgehead atoms. The van der Waals surface area contributed by atoms with Crippen LogP contribution in [0.25, 0.3) is 22.3 Å². The summed E-state index contributed by atoms with van der Waals surface area (Å²) in [6, 6.07) is 16.8. The molecule has 0 radical (unpaired) electrons. The summed E-state index contributed by atoms with van der Waals surface area (Å²) >= 11 is 0. The van der Waals surface area contributed by atoms with Gasteiger partial charge in [-0.15, -0.1) is 0 Å². The zero-order valence-corrected chi connectivity index (χ0v) is 14.7. The zero-order valence-electron chi connectivity index (χ0n) is 14.7. The summed E-state index contributed by atoms with van der Waals surface area (Å²) in [6.07, 6.45) is 3.43. The van der Waals surface area contributed by atoms with Crippen LogP contribution < -0.4 is 11.1 Å². The van der Waals surface area contributed by atoms with E-state index in [0.29, 0.717) is 22.9 Å². The first-order valence-corrected chi connectivity index (χ1v) is 8.47. The Kier molecular flexibility index (Phi) is 4.22. The minimum Gasteiger partial charge on any atom is -0.366 e. The summed E-state index contributed by atoms with van der Waals surface area (Å²) in [5.74, 6) is 0.667. The molecule has 0 spiro atoms. The van der Waals surface area contributed by atoms with E-state index in [9.17, 15) is 4.79 Å². The van der Waals surface area contributed by atoms with Gasteiger partial charge in [-0.2, -0.15) is 0 Å². The maximum atomic E-state index is 11.8. The number of aromatic nitrogens is 3. The highest BCUT2D eigenvalue weighted by Crippen LogP contribution is 2.29. The number of nitrogens with two attached hydrogens (primary N) is 1. The number of hydrogen-bond acceptors (Lipinski definition) is 5. The molecule has 6 heteroatoms. The first-order chi connectivity index (χ1) is 13.1. The molecule has 0 aliphatic heterocycles. The third-order valence-corrected chi connectivity index (χ3v) is 4.29. The van der Waals surface area contributed by atoms with Gasteiger partial charge in [0.15, 0.2) is 5.82 Å². The van der Waals surface area contributed by atoms with Gasteiger partial charge in [-0.25, -0.2) is 9.97 Å². The summed E-state index contributed by atoms with van der Waals surface area (Å²) in [5, 5.41) is 4.12. The van der Waals surface area contributed by atoms with E-state index < -0.39 is 5.91 Å². The number of para-hydroxylation sites is 2. The Balaban J connectivity index is 1.92. The lowest BCUT2D eigenvalue weighted by molar-refractivity contribution is 0.100. The first kappa shape index (κ1) is 16.7. The summed E-state index contributed by atoms with van der Waals surface area (Å²) in [7, 11) is 0. The molecule has 2 aromatic heterocycles. The van der Waals surface area contributed by atoms with E-state index in [1.807, 2.05) is 43.3 Å². The number of aryl methyl sites for hydroxylation is 1. The highest BCUT2D eigenvalue weighted by atomic mass is 16.1. The Hall–Kier alpha value is -3.80. The van der Waals surface area contributed by atoms with E-state index in [1.165, 1.54) is 0 Å². The first-order valence-electron chi connectivity index (χ1n) is 8.47. The number of anilines is 2. The van der Waals surface area contributed by atoms with Crippen molar-refractivity contribution in [1.82, 2.24) is 15.0 Å². The minimum atomic E-state index is -0.500. The molecule has 0 saturated heterocycles. The van der Waals surface area contributed by atoms with Crippen LogP contribution in [0, 0.1) is 6.92 Å². The van der Waals surface area contributed by atoms with Crippen LogP contribution in [0.1, 0.15) is 15.9 Å². The van der Waals surface area contributed by atoms with Crippen LogP contribution in [0.5, 0.6) is 0 Å². The van der Waals surface area contributed by atoms with Gasteiger partial charge in [0.05, 0.1) is 16.8 Å². The summed E-state index contributed by atoms with van der Waals surface area (Å²) < 4.78 is 0. The van der Waals surface area contributed by atoms with Crippen LogP contribution in [-0.2, 0) is 0 Å². The number of fused-ring (bicyclic) bond motifs is 1. The van der Waals surface area contributed by atoms with E-state index >= 15 is 0 Å². The van der Waals surface area contributed by atoms with Crippen LogP contribution >= 0.6 is 0 Å². The Labute approximate surface area is 156 Å². The highest BCUT2D eigenvalue weighted by Gasteiger charge is 2.14. The van der Waals surface area contributed by atoms with Gasteiger partial charge in [0, 0.05) is 23.3 Å². The molecule has 4 aromatic rings. The molecule has 0 atom stereocenters. The van der Waals surface area contributed by atoms with Gasteiger partial charge < -0.3 is 11.1 Å². The second-order valence-corrected chi connectivity index (χ2v) is 6.14. The molecule has 0 unspecified atom stereocenters. The van der Waals surface area contributed by atoms with Crippen molar-refractivity contribution in [3.63, 3.8) is 0 Å². The molecule has 6 nitrogen and oxygen atoms in total. The lowest BCUT2D eigenvalue weighted by atomic mass is 10.1. The average Bonchev–Trinajstić information content (AvgIpc) is 2.69. The van der Waals surface area contributed by atoms with Gasteiger partial charge in [0.1, 0.15) is 5.82 Å². The average molecular weight is 355 g/mol. The second kappa shape index (κ2) is 6.84. The van der Waals surface area contributed by atoms with Crippen molar-refractivity contribution >= 4 is 28.3 Å². The van der Waals surface area contributed by atoms with Crippen LogP contribution in [0.3, 0.4) is 0 Å². The quantitative estimate of drug-likeness (QED) is 0.580. The lowest BCUT2D eigenvalue weighted by Gasteiger charge is -2.14. The number of pyridine rings is 1. The van der Waals surface area contributed by atoms with Crippen molar-refractivity contribution in [2.24, 2.45) is 5.73 Å². The molecule has 0 saturated carbocycles. The Bertz CT molecular complexity index is 1140. The fourth-order valence-corrected chi connectivity index (χ4v) is 2.95. The van der Waals surface area contributed by atoms with Crippen molar-refractivity contribution in [1.29, 1.82) is 0 Å². The van der Waals surface area contributed by atoms with E-state index in [-0.39, 0.29) is 0 Å². The van der Waals surface area contributed by atoms with Gasteiger partial charge in [-0.3, -0.25) is 9.78 Å². The van der Waals surface area contributed by atoms with Crippen LogP contribution in [0.4, 0.5) is 11.5 Å². The maximum absolute atomic E-state index is 11.8. The molecular weight excluding hydrogens is 338 g/mol. The second-order valence-electron chi connectivity index (χ2n) is 6.14. The molecule has 132 valence electrons. The molecule has 0 fully saturated rings. The van der Waals surface area contributed by atoms with Crippen LogP contribution in [0.2, 0.25) is 0 Å². The third-order valence-electron chi connectivity index (χ3n) is 4.29. The maximum Gasteiger partial charge on any atom is 0.250 e. The number of carbonyl (C=O) groups excluding carboxylic acids is 1. The number of nitrogens with zero attached hydrogens (tertiary/aromatic N) is 3. The number of amides is 1. The van der Waals surface area contributed by atoms with Gasteiger partial charge >= 0.3 is 0 Å². The summed E-state index contributed by atoms with van der Waals surface area (Å²) in [6.45, 7) is 2.00. The van der Waals surface area contributed by atoms with Gasteiger partial charge in [0.2, 0.25) is 0 Å². The Morgan fingerprint density at radius 1 is 1.00 bits per heavy atom. The van der Waals surface area contributed by atoms with E-state index in [0.717, 1.165) is 22.0 Å². The molecule has 1 amide bonds. The number of carbonyl (C=O) groups is 1. The van der Waals surface area contributed by atoms with Crippen LogP contribution in [-0.4, -0.2) is 20.9 Å². The normalized spacial score (nSPS) is 10.7. The predicted octanol–water partition coefficient (Wildman–Crippen LogP) is 3.84. The van der Waals surface area contributed by atoms with Crippen molar-refractivity contribution in [3.05, 3.63) is 78.1 Å². The molecule has 0 aliphatic rings. The van der Waals surface area contributed by atoms with Gasteiger partial charge in [-0.1, -0.05) is 24.3 Å². The highest BCUT2D eigenvalue weighted by molar-refractivity contribution is 6.01. The summed E-state index contributed by atoms with van der Waals surface area (Å²) in [4.78, 5) is 25.3. The molecule has 2 heterocycles. The molecule has 3 N–H and O–H groups in total. The van der Waals surface area contributed by atoms with Gasteiger partial charge in [0.25, 0.3) is 5.91 Å². The van der Waals surface area contributed by atoms with Crippen LogP contribution in [0.15, 0.2) is 67.0 Å². The third kappa shape index (κ3) is 3.20. The fourth-order valence-electron chi connectivity index (χ4n) is 2.95. The van der Waals surface area contributed by atoms with E-state index in [4.69, 9.17) is 15.7 Å². The summed E-state index contributed by atoms with van der Waals surface area (Å²) in [5.41, 5.74) is 9.19. The number of nitrogens with one attached hydrogen (secondary N) is 1. The Morgan fingerprint density at radius 2 is 1.85 bits per heavy atom. The van der Waals surface area contributed by atoms with Crippen molar-refractivity contribution in [2.45, 2.75) is 6.92 Å². The van der Waals surface area contributed by atoms with E-state index in [1.54, 1.807) is 30.6 Å². The lowest BCUT2D eigenvalue weighted by Crippen LogP contribution is -2.13. The number of hydrogen-bond donors (Lipinski definition) is 2. The predicted molar refractivity (Wildman–Crippen MR) is 106 cm³/mol. The Morgan fingerprint density at radius 3 is 2.63 bits per heavy atom. The smallest absolute Gasteiger partial charge is 0.250 e. The zero-order chi connectivity index (χ0) is 18.8.